The molecule has 0 unspecified atom stereocenters. The van der Waals surface area contributed by atoms with E-state index in [4.69, 9.17) is 4.74 Å². The molecule has 2 aromatic rings. The molecule has 0 saturated carbocycles. The molecule has 3 nitrogen and oxygen atoms in total. The molecule has 0 saturated heterocycles. The second-order valence-corrected chi connectivity index (χ2v) is 5.32. The third-order valence-electron chi connectivity index (χ3n) is 2.94. The van der Waals surface area contributed by atoms with Gasteiger partial charge in [-0.25, -0.2) is 4.99 Å². The first-order chi connectivity index (χ1) is 10.9. The third-order valence-corrected chi connectivity index (χ3v) is 3.52. The summed E-state index contributed by atoms with van der Waals surface area (Å²) in [7, 11) is 1.57. The van der Waals surface area contributed by atoms with Crippen molar-refractivity contribution in [3.8, 4) is 5.75 Å². The number of rotatable bonds is 3. The minimum absolute atomic E-state index is 0. The van der Waals surface area contributed by atoms with Gasteiger partial charge in [0.25, 0.3) is 0 Å². The molecule has 24 heavy (non-hydrogen) atoms. The van der Waals surface area contributed by atoms with Gasteiger partial charge in [-0.05, 0) is 48.7 Å². The summed E-state index contributed by atoms with van der Waals surface area (Å²) >= 11 is 1.31. The molecule has 0 aliphatic heterocycles. The molecule has 8 heteroatoms. The van der Waals surface area contributed by atoms with E-state index in [1.807, 2.05) is 0 Å². The second-order valence-electron chi connectivity index (χ2n) is 4.52. The average molecular weight is 468 g/mol. The molecule has 2 rings (SSSR count). The van der Waals surface area contributed by atoms with Crippen LogP contribution in [0.3, 0.4) is 0 Å². The van der Waals surface area contributed by atoms with Gasteiger partial charge in [0.15, 0.2) is 5.17 Å². The monoisotopic (exact) mass is 468 g/mol. The number of ether oxygens (including phenoxy) is 1. The Morgan fingerprint density at radius 1 is 1.12 bits per heavy atom. The van der Waals surface area contributed by atoms with Crippen molar-refractivity contribution in [1.29, 1.82) is 0 Å². The van der Waals surface area contributed by atoms with E-state index < -0.39 is 11.7 Å². The summed E-state index contributed by atoms with van der Waals surface area (Å²) in [5, 5.41) is 3.39. The lowest BCUT2D eigenvalue weighted by Gasteiger charge is -2.11. The molecule has 0 amide bonds. The van der Waals surface area contributed by atoms with Crippen molar-refractivity contribution in [1.82, 2.24) is 0 Å². The van der Waals surface area contributed by atoms with E-state index >= 15 is 0 Å². The Morgan fingerprint density at radius 2 is 1.79 bits per heavy atom. The fourth-order valence-electron chi connectivity index (χ4n) is 1.80. The van der Waals surface area contributed by atoms with E-state index in [9.17, 15) is 13.2 Å². The number of halogens is 4. The summed E-state index contributed by atoms with van der Waals surface area (Å²) in [4.78, 5) is 4.37. The number of anilines is 1. The number of nitrogens with zero attached hydrogens (tertiary/aromatic N) is 1. The summed E-state index contributed by atoms with van der Waals surface area (Å²) in [6, 6.07) is 12.1. The van der Waals surface area contributed by atoms with Crippen LogP contribution >= 0.6 is 35.7 Å². The van der Waals surface area contributed by atoms with Gasteiger partial charge in [0, 0.05) is 5.69 Å². The largest absolute Gasteiger partial charge is 0.497 e. The summed E-state index contributed by atoms with van der Waals surface area (Å²) < 4.78 is 43.3. The van der Waals surface area contributed by atoms with Gasteiger partial charge in [0.1, 0.15) is 5.75 Å². The first-order valence-corrected chi connectivity index (χ1v) is 7.86. The highest BCUT2D eigenvalue weighted by Gasteiger charge is 2.30. The number of methoxy groups -OCH3 is 1. The Kier molecular flexibility index (Phi) is 7.88. The zero-order chi connectivity index (χ0) is 16.9. The zero-order valence-corrected chi connectivity index (χ0v) is 16.1. The number of thioether (sulfide) groups is 1. The predicted octanol–water partition coefficient (Wildman–Crippen LogP) is 5.79. The summed E-state index contributed by atoms with van der Waals surface area (Å²) in [6.07, 6.45) is -2.58. The molecule has 0 aliphatic rings. The van der Waals surface area contributed by atoms with Crippen molar-refractivity contribution in [2.45, 2.75) is 6.18 Å². The lowest BCUT2D eigenvalue weighted by molar-refractivity contribution is -0.137. The molecule has 0 fully saturated rings. The van der Waals surface area contributed by atoms with E-state index in [0.29, 0.717) is 22.3 Å². The minimum atomic E-state index is -4.37. The van der Waals surface area contributed by atoms with E-state index in [0.717, 1.165) is 12.1 Å². The molecule has 130 valence electrons. The number of aliphatic imine (C=N–C) groups is 1. The van der Waals surface area contributed by atoms with Crippen LogP contribution in [0, 0.1) is 0 Å². The first kappa shape index (κ1) is 20.6. The van der Waals surface area contributed by atoms with Crippen LogP contribution in [0.2, 0.25) is 0 Å². The van der Waals surface area contributed by atoms with E-state index in [1.165, 1.54) is 17.8 Å². The Balaban J connectivity index is 0.00000288. The van der Waals surface area contributed by atoms with Crippen molar-refractivity contribution >= 4 is 52.3 Å². The number of hydrogen-bond donors (Lipinski definition) is 1. The highest BCUT2D eigenvalue weighted by atomic mass is 127. The van der Waals surface area contributed by atoms with Gasteiger partial charge < -0.3 is 10.1 Å². The van der Waals surface area contributed by atoms with Crippen LogP contribution < -0.4 is 10.1 Å². The second kappa shape index (κ2) is 9.16. The third kappa shape index (κ3) is 5.90. The molecule has 0 aromatic heterocycles. The molecule has 1 N–H and O–H groups in total. The highest BCUT2D eigenvalue weighted by Crippen LogP contribution is 2.31. The Hall–Kier alpha value is -1.42. The number of benzene rings is 2. The van der Waals surface area contributed by atoms with Crippen molar-refractivity contribution in [2.75, 3.05) is 18.7 Å². The number of amidine groups is 1. The van der Waals surface area contributed by atoms with Gasteiger partial charge in [-0.1, -0.05) is 17.8 Å². The maximum atomic E-state index is 12.7. The quantitative estimate of drug-likeness (QED) is 0.352. The number of nitrogens with one attached hydrogen (secondary N) is 1. The summed E-state index contributed by atoms with van der Waals surface area (Å²) in [5.74, 6) is 0.709. The predicted molar refractivity (Wildman–Crippen MR) is 104 cm³/mol. The lowest BCUT2D eigenvalue weighted by atomic mass is 10.2. The van der Waals surface area contributed by atoms with Crippen LogP contribution in [0.4, 0.5) is 24.5 Å². The maximum Gasteiger partial charge on any atom is 0.416 e. The average Bonchev–Trinajstić information content (AvgIpc) is 2.54. The fraction of sp³-hybridized carbons (Fsp3) is 0.188. The Morgan fingerprint density at radius 3 is 2.33 bits per heavy atom. The lowest BCUT2D eigenvalue weighted by Crippen LogP contribution is -2.09. The first-order valence-electron chi connectivity index (χ1n) is 6.63. The van der Waals surface area contributed by atoms with Crippen LogP contribution in [0.15, 0.2) is 53.5 Å². The maximum absolute atomic E-state index is 12.7. The standard InChI is InChI=1S/C16H15F3N2OS.HI/c1-22-14-8-6-12(7-9-14)20-15(23-2)21-13-5-3-4-11(10-13)16(17,18)19;/h3-10H,1-2H3,(H,20,21);1H. The molecule has 2 aromatic carbocycles. The fourth-order valence-corrected chi connectivity index (χ4v) is 2.21. The Labute approximate surface area is 159 Å². The van der Waals surface area contributed by atoms with Gasteiger partial charge in [0.2, 0.25) is 0 Å². The van der Waals surface area contributed by atoms with E-state index in [-0.39, 0.29) is 24.0 Å². The van der Waals surface area contributed by atoms with Crippen molar-refractivity contribution < 1.29 is 17.9 Å². The van der Waals surface area contributed by atoms with Crippen LogP contribution in [0.25, 0.3) is 0 Å². The van der Waals surface area contributed by atoms with Gasteiger partial charge >= 0.3 is 6.18 Å². The zero-order valence-electron chi connectivity index (χ0n) is 12.9. The highest BCUT2D eigenvalue weighted by molar-refractivity contribution is 14.0. The summed E-state index contributed by atoms with van der Waals surface area (Å²) in [6.45, 7) is 0. The molecule has 0 radical (unpaired) electrons. The molecule has 0 aliphatic carbocycles. The number of hydrogen-bond acceptors (Lipinski definition) is 3. The molecule has 0 spiro atoms. The van der Waals surface area contributed by atoms with E-state index in [1.54, 1.807) is 43.7 Å². The van der Waals surface area contributed by atoms with Crippen LogP contribution in [0.1, 0.15) is 5.56 Å². The SMILES string of the molecule is COc1ccc(N=C(Nc2cccc(C(F)(F)F)c2)SC)cc1.I. The number of alkyl halides is 3. The smallest absolute Gasteiger partial charge is 0.416 e. The molecular weight excluding hydrogens is 452 g/mol. The van der Waals surface area contributed by atoms with Gasteiger partial charge in [-0.3, -0.25) is 0 Å². The Bertz CT molecular complexity index is 690. The van der Waals surface area contributed by atoms with Gasteiger partial charge in [-0.2, -0.15) is 13.2 Å². The molecule has 0 heterocycles. The van der Waals surface area contributed by atoms with Crippen LogP contribution in [0.5, 0.6) is 5.75 Å². The van der Waals surface area contributed by atoms with Crippen molar-refractivity contribution in [2.24, 2.45) is 4.99 Å². The van der Waals surface area contributed by atoms with Crippen molar-refractivity contribution in [3.05, 3.63) is 54.1 Å². The topological polar surface area (TPSA) is 33.6 Å². The van der Waals surface area contributed by atoms with Crippen LogP contribution in [-0.4, -0.2) is 18.5 Å². The van der Waals surface area contributed by atoms with Crippen LogP contribution in [-0.2, 0) is 6.18 Å². The minimum Gasteiger partial charge on any atom is -0.497 e. The van der Waals surface area contributed by atoms with Gasteiger partial charge in [0.05, 0.1) is 18.4 Å². The van der Waals surface area contributed by atoms with Crippen molar-refractivity contribution in [3.63, 3.8) is 0 Å². The normalized spacial score (nSPS) is 11.6. The molecular formula is C16H16F3IN2OS. The molecule has 0 bridgehead atoms. The molecule has 0 atom stereocenters. The van der Waals surface area contributed by atoms with E-state index in [2.05, 4.69) is 10.3 Å². The van der Waals surface area contributed by atoms with Gasteiger partial charge in [-0.15, -0.1) is 24.0 Å². The summed E-state index contributed by atoms with van der Waals surface area (Å²) in [5.41, 5.74) is 0.309.